The van der Waals surface area contributed by atoms with Crippen molar-refractivity contribution in [3.05, 3.63) is 70.2 Å². The first-order chi connectivity index (χ1) is 9.67. The quantitative estimate of drug-likeness (QED) is 0.882. The molecule has 3 heteroatoms. The van der Waals surface area contributed by atoms with E-state index >= 15 is 0 Å². The molecule has 0 atom stereocenters. The molecular formula is C17H21ClN2. The number of halogens is 1. The van der Waals surface area contributed by atoms with E-state index in [4.69, 9.17) is 17.3 Å². The van der Waals surface area contributed by atoms with E-state index in [1.807, 2.05) is 18.2 Å². The van der Waals surface area contributed by atoms with Gasteiger partial charge in [-0.05, 0) is 48.8 Å². The number of nitrogens with two attached hydrogens (primary N) is 1. The minimum absolute atomic E-state index is 0.702. The van der Waals surface area contributed by atoms with Gasteiger partial charge in [0.25, 0.3) is 0 Å². The Kier molecular flexibility index (Phi) is 5.60. The Bertz CT molecular complexity index is 537. The van der Waals surface area contributed by atoms with Gasteiger partial charge in [0.1, 0.15) is 0 Å². The summed E-state index contributed by atoms with van der Waals surface area (Å²) in [6.45, 7) is 2.52. The van der Waals surface area contributed by atoms with Crippen LogP contribution in [0.1, 0.15) is 16.7 Å². The van der Waals surface area contributed by atoms with E-state index in [0.717, 1.165) is 24.5 Å². The SMILES string of the molecule is CN(Cc1ccc(CCN)cc1)Cc1cccc(Cl)c1. The molecule has 20 heavy (non-hydrogen) atoms. The predicted molar refractivity (Wildman–Crippen MR) is 85.8 cm³/mol. The minimum atomic E-state index is 0.702. The molecule has 0 aliphatic carbocycles. The molecule has 0 bridgehead atoms. The summed E-state index contributed by atoms with van der Waals surface area (Å²) in [5.41, 5.74) is 9.41. The van der Waals surface area contributed by atoms with Crippen LogP contribution in [0.25, 0.3) is 0 Å². The van der Waals surface area contributed by atoms with Crippen molar-refractivity contribution in [2.45, 2.75) is 19.5 Å². The second-order valence-corrected chi connectivity index (χ2v) is 5.59. The van der Waals surface area contributed by atoms with Crippen molar-refractivity contribution in [2.75, 3.05) is 13.6 Å². The second kappa shape index (κ2) is 7.44. The smallest absolute Gasteiger partial charge is 0.0409 e. The highest BCUT2D eigenvalue weighted by molar-refractivity contribution is 6.30. The number of hydrogen-bond donors (Lipinski definition) is 1. The van der Waals surface area contributed by atoms with Gasteiger partial charge in [-0.2, -0.15) is 0 Å². The monoisotopic (exact) mass is 288 g/mol. The molecule has 0 saturated heterocycles. The van der Waals surface area contributed by atoms with Gasteiger partial charge in [-0.1, -0.05) is 48.0 Å². The van der Waals surface area contributed by atoms with E-state index in [-0.39, 0.29) is 0 Å². The molecule has 0 aliphatic rings. The highest BCUT2D eigenvalue weighted by Crippen LogP contribution is 2.14. The van der Waals surface area contributed by atoms with Crippen LogP contribution in [0.15, 0.2) is 48.5 Å². The van der Waals surface area contributed by atoms with Crippen molar-refractivity contribution in [1.29, 1.82) is 0 Å². The van der Waals surface area contributed by atoms with Crippen LogP contribution in [0.4, 0.5) is 0 Å². The Morgan fingerprint density at radius 1 is 0.950 bits per heavy atom. The molecule has 2 N–H and O–H groups in total. The van der Waals surface area contributed by atoms with E-state index in [9.17, 15) is 0 Å². The average Bonchev–Trinajstić information content (AvgIpc) is 2.41. The van der Waals surface area contributed by atoms with Gasteiger partial charge >= 0.3 is 0 Å². The molecule has 0 unspecified atom stereocenters. The Labute approximate surface area is 126 Å². The first-order valence-corrected chi connectivity index (χ1v) is 7.26. The lowest BCUT2D eigenvalue weighted by Gasteiger charge is -2.17. The van der Waals surface area contributed by atoms with Crippen LogP contribution in [-0.2, 0) is 19.5 Å². The van der Waals surface area contributed by atoms with Crippen LogP contribution in [0, 0.1) is 0 Å². The van der Waals surface area contributed by atoms with Crippen molar-refractivity contribution in [3.8, 4) is 0 Å². The van der Waals surface area contributed by atoms with Gasteiger partial charge < -0.3 is 5.73 Å². The fraction of sp³-hybridized carbons (Fsp3) is 0.294. The lowest BCUT2D eigenvalue weighted by Crippen LogP contribution is -2.17. The van der Waals surface area contributed by atoms with Crippen LogP contribution in [0.3, 0.4) is 0 Å². The zero-order valence-corrected chi connectivity index (χ0v) is 12.6. The lowest BCUT2D eigenvalue weighted by atomic mass is 10.1. The summed E-state index contributed by atoms with van der Waals surface area (Å²) in [6.07, 6.45) is 0.943. The van der Waals surface area contributed by atoms with E-state index in [2.05, 4.69) is 42.3 Å². The fourth-order valence-electron chi connectivity index (χ4n) is 2.29. The van der Waals surface area contributed by atoms with Crippen LogP contribution < -0.4 is 5.73 Å². The van der Waals surface area contributed by atoms with Gasteiger partial charge in [0, 0.05) is 18.1 Å². The average molecular weight is 289 g/mol. The summed E-state index contributed by atoms with van der Waals surface area (Å²) in [7, 11) is 2.12. The second-order valence-electron chi connectivity index (χ2n) is 5.16. The molecule has 0 amide bonds. The highest BCUT2D eigenvalue weighted by atomic mass is 35.5. The van der Waals surface area contributed by atoms with Crippen molar-refractivity contribution in [3.63, 3.8) is 0 Å². The first-order valence-electron chi connectivity index (χ1n) is 6.88. The summed E-state index contributed by atoms with van der Waals surface area (Å²) in [5.74, 6) is 0. The minimum Gasteiger partial charge on any atom is -0.330 e. The van der Waals surface area contributed by atoms with Crippen LogP contribution >= 0.6 is 11.6 Å². The molecule has 106 valence electrons. The van der Waals surface area contributed by atoms with Crippen molar-refractivity contribution < 1.29 is 0 Å². The summed E-state index contributed by atoms with van der Waals surface area (Å²) < 4.78 is 0. The number of rotatable bonds is 6. The molecule has 0 radical (unpaired) electrons. The third-order valence-corrected chi connectivity index (χ3v) is 3.49. The standard InChI is InChI=1S/C17H21ClN2/c1-20(13-16-3-2-4-17(18)11-16)12-15-7-5-14(6-8-15)9-10-19/h2-8,11H,9-10,12-13,19H2,1H3. The summed E-state index contributed by atoms with van der Waals surface area (Å²) in [5, 5.41) is 0.794. The molecule has 2 nitrogen and oxygen atoms in total. The van der Waals surface area contributed by atoms with Gasteiger partial charge in [-0.25, -0.2) is 0 Å². The maximum atomic E-state index is 6.01. The zero-order valence-electron chi connectivity index (χ0n) is 11.8. The lowest BCUT2D eigenvalue weighted by molar-refractivity contribution is 0.319. The van der Waals surface area contributed by atoms with Crippen molar-refractivity contribution in [2.24, 2.45) is 5.73 Å². The Morgan fingerprint density at radius 3 is 2.25 bits per heavy atom. The topological polar surface area (TPSA) is 29.3 Å². The van der Waals surface area contributed by atoms with E-state index < -0.39 is 0 Å². The van der Waals surface area contributed by atoms with Gasteiger partial charge in [0.15, 0.2) is 0 Å². The molecule has 0 saturated carbocycles. The van der Waals surface area contributed by atoms with Crippen LogP contribution in [0.2, 0.25) is 5.02 Å². The number of benzene rings is 2. The Hall–Kier alpha value is -1.35. The number of hydrogen-bond acceptors (Lipinski definition) is 2. The normalized spacial score (nSPS) is 11.0. The van der Waals surface area contributed by atoms with Gasteiger partial charge in [0.05, 0.1) is 0 Å². The van der Waals surface area contributed by atoms with Crippen molar-refractivity contribution in [1.82, 2.24) is 4.90 Å². The summed E-state index contributed by atoms with van der Waals surface area (Å²) >= 11 is 6.01. The third kappa shape index (κ3) is 4.64. The fourth-order valence-corrected chi connectivity index (χ4v) is 2.51. The predicted octanol–water partition coefficient (Wildman–Crippen LogP) is 3.47. The molecule has 0 fully saturated rings. The Balaban J connectivity index is 1.92. The summed E-state index contributed by atoms with van der Waals surface area (Å²) in [4.78, 5) is 2.28. The molecule has 2 rings (SSSR count). The molecule has 0 aliphatic heterocycles. The summed E-state index contributed by atoms with van der Waals surface area (Å²) in [6, 6.07) is 16.7. The molecule has 0 spiro atoms. The van der Waals surface area contributed by atoms with Crippen LogP contribution in [-0.4, -0.2) is 18.5 Å². The largest absolute Gasteiger partial charge is 0.330 e. The first kappa shape index (κ1) is 15.0. The maximum Gasteiger partial charge on any atom is 0.0409 e. The molecule has 0 heterocycles. The van der Waals surface area contributed by atoms with Gasteiger partial charge in [-0.15, -0.1) is 0 Å². The molecular weight excluding hydrogens is 268 g/mol. The molecule has 2 aromatic rings. The van der Waals surface area contributed by atoms with E-state index in [0.29, 0.717) is 6.54 Å². The molecule has 2 aromatic carbocycles. The van der Waals surface area contributed by atoms with E-state index in [1.165, 1.54) is 16.7 Å². The third-order valence-electron chi connectivity index (χ3n) is 3.25. The maximum absolute atomic E-state index is 6.01. The Morgan fingerprint density at radius 2 is 1.60 bits per heavy atom. The van der Waals surface area contributed by atoms with Gasteiger partial charge in [0.2, 0.25) is 0 Å². The van der Waals surface area contributed by atoms with Crippen molar-refractivity contribution >= 4 is 11.6 Å². The van der Waals surface area contributed by atoms with Crippen LogP contribution in [0.5, 0.6) is 0 Å². The molecule has 0 aromatic heterocycles. The van der Waals surface area contributed by atoms with E-state index in [1.54, 1.807) is 0 Å². The zero-order chi connectivity index (χ0) is 14.4. The number of nitrogens with zero attached hydrogens (tertiary/aromatic N) is 1. The highest BCUT2D eigenvalue weighted by Gasteiger charge is 2.03. The van der Waals surface area contributed by atoms with Gasteiger partial charge in [-0.3, -0.25) is 4.90 Å².